The van der Waals surface area contributed by atoms with E-state index in [0.29, 0.717) is 11.5 Å². The first-order valence-electron chi connectivity index (χ1n) is 19.7. The van der Waals surface area contributed by atoms with E-state index in [1.54, 1.807) is 0 Å². The molecule has 7 heteroatoms. The Morgan fingerprint density at radius 2 is 0.559 bits per heavy atom. The van der Waals surface area contributed by atoms with Crippen LogP contribution in [-0.2, 0) is 47.9 Å². The molecule has 312 valence electrons. The Labute approximate surface area is 390 Å². The summed E-state index contributed by atoms with van der Waals surface area (Å²) in [6.45, 7) is 26.5. The van der Waals surface area contributed by atoms with Crippen LogP contribution in [0.3, 0.4) is 0 Å². The van der Waals surface area contributed by atoms with Gasteiger partial charge in [0.1, 0.15) is 11.5 Å². The van der Waals surface area contributed by atoms with Crippen LogP contribution in [-0.4, -0.2) is 10.2 Å². The Hall–Kier alpha value is -2.76. The maximum atomic E-state index is 11.4. The molecule has 6 rings (SSSR count). The monoisotopic (exact) mass is 942 g/mol. The van der Waals surface area contributed by atoms with E-state index in [0.717, 1.165) is 21.7 Å². The van der Waals surface area contributed by atoms with Crippen LogP contribution in [0.1, 0.15) is 105 Å². The average Bonchev–Trinajstić information content (AvgIpc) is 3.13. The Bertz CT molecular complexity index is 1970. The van der Waals surface area contributed by atoms with Gasteiger partial charge in [-0.3, -0.25) is 0 Å². The van der Waals surface area contributed by atoms with Gasteiger partial charge >= 0.3 is 0 Å². The zero-order chi connectivity index (χ0) is 41.1. The van der Waals surface area contributed by atoms with Crippen LogP contribution in [0.4, 0.5) is 0 Å². The first-order chi connectivity index (χ1) is 26.2. The molecule has 0 amide bonds. The van der Waals surface area contributed by atoms with E-state index in [1.807, 2.05) is 24.3 Å². The molecular formula is C52H64Cl2O2P2Zr. The molecule has 0 heterocycles. The molecule has 0 spiro atoms. The SMILES string of the molecule is CC(C)(C)c1cc(P(c2ccccc2)c2ccccc2)c(O)c(C(C)(C)C)c1.CC(C)(C)c1cc(P(c2ccccc2)c2ccccc2)c(O)c(C(C)(C)C)c1.Cl.Cl.[Zr]. The van der Waals surface area contributed by atoms with Gasteiger partial charge in [-0.1, -0.05) is 217 Å². The van der Waals surface area contributed by atoms with Gasteiger partial charge in [0, 0.05) is 47.9 Å². The van der Waals surface area contributed by atoms with Crippen molar-refractivity contribution in [3.8, 4) is 11.5 Å². The van der Waals surface area contributed by atoms with E-state index < -0.39 is 15.8 Å². The molecule has 6 aromatic rings. The van der Waals surface area contributed by atoms with Crippen molar-refractivity contribution in [3.63, 3.8) is 0 Å². The van der Waals surface area contributed by atoms with Crippen molar-refractivity contribution in [2.75, 3.05) is 0 Å². The fourth-order valence-electron chi connectivity index (χ4n) is 6.75. The molecule has 0 aliphatic carbocycles. The molecule has 0 radical (unpaired) electrons. The summed E-state index contributed by atoms with van der Waals surface area (Å²) in [5, 5.41) is 30.0. The van der Waals surface area contributed by atoms with Crippen LogP contribution in [0.5, 0.6) is 11.5 Å². The second-order valence-electron chi connectivity index (χ2n) is 18.8. The van der Waals surface area contributed by atoms with Gasteiger partial charge in [0.25, 0.3) is 0 Å². The summed E-state index contributed by atoms with van der Waals surface area (Å²) in [5.74, 6) is 0.888. The summed E-state index contributed by atoms with van der Waals surface area (Å²) >= 11 is 0. The summed E-state index contributed by atoms with van der Waals surface area (Å²) in [5.41, 5.74) is 4.34. The summed E-state index contributed by atoms with van der Waals surface area (Å²) in [6.07, 6.45) is 0. The smallest absolute Gasteiger partial charge is 0.127 e. The molecule has 0 fully saturated rings. The number of rotatable bonds is 6. The van der Waals surface area contributed by atoms with Crippen LogP contribution in [0, 0.1) is 0 Å². The molecule has 0 saturated carbocycles. The van der Waals surface area contributed by atoms with Crippen LogP contribution < -0.4 is 31.8 Å². The molecule has 0 atom stereocenters. The van der Waals surface area contributed by atoms with E-state index in [9.17, 15) is 10.2 Å². The second kappa shape index (κ2) is 21.4. The van der Waals surface area contributed by atoms with Crippen molar-refractivity contribution < 1.29 is 36.4 Å². The summed E-state index contributed by atoms with van der Waals surface area (Å²) in [6, 6.07) is 51.2. The Morgan fingerprint density at radius 1 is 0.339 bits per heavy atom. The third kappa shape index (κ3) is 13.1. The van der Waals surface area contributed by atoms with Gasteiger partial charge in [0.2, 0.25) is 0 Å². The molecule has 0 aliphatic heterocycles. The molecule has 0 bridgehead atoms. The molecule has 0 unspecified atom stereocenters. The summed E-state index contributed by atoms with van der Waals surface area (Å²) in [4.78, 5) is 0. The number of phenolic OH excluding ortho intramolecular Hbond substituents is 2. The molecule has 0 aromatic heterocycles. The normalized spacial score (nSPS) is 11.8. The standard InChI is InChI=1S/2C26H31OP.2ClH.Zr/c2*1-25(2,3)19-17-22(26(4,5)6)24(27)23(18-19)28(20-13-9-7-10-14-20)21-15-11-8-12-16-21;;;/h2*7-18,27H,1-6H3;2*1H;. The molecule has 0 saturated heterocycles. The van der Waals surface area contributed by atoms with Gasteiger partial charge in [-0.2, -0.15) is 0 Å². The van der Waals surface area contributed by atoms with Crippen molar-refractivity contribution >= 4 is 72.5 Å². The van der Waals surface area contributed by atoms with Crippen molar-refractivity contribution in [1.82, 2.24) is 0 Å². The van der Waals surface area contributed by atoms with E-state index in [1.165, 1.54) is 32.3 Å². The van der Waals surface area contributed by atoms with Crippen molar-refractivity contribution in [2.24, 2.45) is 0 Å². The predicted molar refractivity (Wildman–Crippen MR) is 263 cm³/mol. The Kier molecular flexibility index (Phi) is 19.0. The van der Waals surface area contributed by atoms with Crippen LogP contribution in [0.2, 0.25) is 0 Å². The molecular weight excluding hydrogens is 881 g/mol. The number of phenols is 2. The maximum Gasteiger partial charge on any atom is 0.127 e. The topological polar surface area (TPSA) is 40.5 Å². The predicted octanol–water partition coefficient (Wildman–Crippen LogP) is 12.3. The van der Waals surface area contributed by atoms with Gasteiger partial charge in [-0.15, -0.1) is 24.8 Å². The van der Waals surface area contributed by atoms with Gasteiger partial charge in [0.15, 0.2) is 0 Å². The minimum Gasteiger partial charge on any atom is -0.507 e. The number of hydrogen-bond donors (Lipinski definition) is 2. The summed E-state index contributed by atoms with van der Waals surface area (Å²) < 4.78 is 0. The first kappa shape index (κ1) is 52.4. The molecule has 0 aliphatic rings. The number of aromatic hydroxyl groups is 2. The molecule has 2 N–H and O–H groups in total. The van der Waals surface area contributed by atoms with E-state index in [-0.39, 0.29) is 72.7 Å². The van der Waals surface area contributed by atoms with Crippen molar-refractivity contribution in [3.05, 3.63) is 168 Å². The maximum absolute atomic E-state index is 11.4. The second-order valence-corrected chi connectivity index (χ2v) is 23.2. The average molecular weight is 945 g/mol. The molecule has 2 nitrogen and oxygen atoms in total. The quantitative estimate of drug-likeness (QED) is 0.163. The van der Waals surface area contributed by atoms with Crippen LogP contribution >= 0.6 is 40.7 Å². The molecule has 6 aromatic carbocycles. The van der Waals surface area contributed by atoms with Crippen LogP contribution in [0.25, 0.3) is 0 Å². The first-order valence-corrected chi connectivity index (χ1v) is 22.4. The van der Waals surface area contributed by atoms with E-state index in [4.69, 9.17) is 0 Å². The van der Waals surface area contributed by atoms with Gasteiger partial charge in [-0.05, 0) is 82.0 Å². The van der Waals surface area contributed by atoms with Gasteiger partial charge in [0.05, 0.1) is 0 Å². The van der Waals surface area contributed by atoms with Crippen LogP contribution in [0.15, 0.2) is 146 Å². The van der Waals surface area contributed by atoms with Crippen molar-refractivity contribution in [1.29, 1.82) is 0 Å². The van der Waals surface area contributed by atoms with E-state index in [2.05, 4.69) is 204 Å². The minimum atomic E-state index is -0.844. The molecule has 59 heavy (non-hydrogen) atoms. The van der Waals surface area contributed by atoms with Gasteiger partial charge in [-0.25, -0.2) is 0 Å². The Morgan fingerprint density at radius 3 is 0.746 bits per heavy atom. The van der Waals surface area contributed by atoms with Gasteiger partial charge < -0.3 is 10.2 Å². The third-order valence-electron chi connectivity index (χ3n) is 10.1. The van der Waals surface area contributed by atoms with Crippen molar-refractivity contribution in [2.45, 2.75) is 105 Å². The Balaban J connectivity index is 0.000000387. The fraction of sp³-hybridized carbons (Fsp3) is 0.308. The largest absolute Gasteiger partial charge is 0.507 e. The minimum absolute atomic E-state index is 0. The summed E-state index contributed by atoms with van der Waals surface area (Å²) in [7, 11) is -1.69. The number of benzene rings is 6. The number of halogens is 2. The van der Waals surface area contributed by atoms with E-state index >= 15 is 0 Å². The number of hydrogen-bond acceptors (Lipinski definition) is 2. The zero-order valence-corrected chi connectivity index (χ0v) is 42.8. The fourth-order valence-corrected chi connectivity index (χ4v) is 11.5. The third-order valence-corrected chi connectivity index (χ3v) is 15.0. The zero-order valence-electron chi connectivity index (χ0n) is 37.0.